The molecule has 0 amide bonds. The molecular weight excluding hydrogens is 179 g/mol. The zero-order chi connectivity index (χ0) is 9.52. The maximum absolute atomic E-state index is 5.58. The Balaban J connectivity index is 2.28. The van der Waals surface area contributed by atoms with Crippen LogP contribution in [0.25, 0.3) is 0 Å². The van der Waals surface area contributed by atoms with E-state index in [1.165, 1.54) is 5.56 Å². The predicted octanol–water partition coefficient (Wildman–Crippen LogP) is 2.14. The molecule has 1 atom stereocenters. The molecule has 1 unspecified atom stereocenters. The van der Waals surface area contributed by atoms with Gasteiger partial charge in [0.1, 0.15) is 0 Å². The standard InChI is InChI=1S/C10H15N2P/c1-2-7-12-13-8-9-3-5-10(11)6-4-9/h2-6,12-13H,1,7-8,11H2. The van der Waals surface area contributed by atoms with Crippen LogP contribution in [0.15, 0.2) is 36.9 Å². The molecule has 0 aliphatic heterocycles. The first kappa shape index (κ1) is 10.2. The lowest BCUT2D eigenvalue weighted by Gasteiger charge is -2.02. The average molecular weight is 194 g/mol. The summed E-state index contributed by atoms with van der Waals surface area (Å²) in [5.41, 5.74) is 7.72. The Hall–Kier alpha value is -0.850. The Morgan fingerprint density at radius 1 is 1.38 bits per heavy atom. The van der Waals surface area contributed by atoms with Crippen LogP contribution < -0.4 is 10.8 Å². The quantitative estimate of drug-likeness (QED) is 0.326. The third-order valence-corrected chi connectivity index (χ3v) is 2.68. The van der Waals surface area contributed by atoms with Crippen LogP contribution in [-0.2, 0) is 6.16 Å². The Morgan fingerprint density at radius 3 is 2.69 bits per heavy atom. The lowest BCUT2D eigenvalue weighted by molar-refractivity contribution is 1.11. The van der Waals surface area contributed by atoms with Gasteiger partial charge in [-0.05, 0) is 26.4 Å². The van der Waals surface area contributed by atoms with E-state index < -0.39 is 0 Å². The van der Waals surface area contributed by atoms with Crippen molar-refractivity contribution in [1.29, 1.82) is 0 Å². The summed E-state index contributed by atoms with van der Waals surface area (Å²) in [7, 11) is 0.751. The average Bonchev–Trinajstić information content (AvgIpc) is 2.15. The topological polar surface area (TPSA) is 38.0 Å². The number of nitrogen functional groups attached to an aromatic ring is 1. The van der Waals surface area contributed by atoms with E-state index in [4.69, 9.17) is 5.73 Å². The van der Waals surface area contributed by atoms with Gasteiger partial charge in [-0.25, -0.2) is 0 Å². The lowest BCUT2D eigenvalue weighted by Crippen LogP contribution is -1.99. The van der Waals surface area contributed by atoms with Gasteiger partial charge in [0.2, 0.25) is 0 Å². The van der Waals surface area contributed by atoms with E-state index in [0.717, 1.165) is 27.1 Å². The van der Waals surface area contributed by atoms with Crippen LogP contribution in [0.5, 0.6) is 0 Å². The summed E-state index contributed by atoms with van der Waals surface area (Å²) < 4.78 is 0. The minimum absolute atomic E-state index is 0.751. The van der Waals surface area contributed by atoms with Crippen molar-refractivity contribution in [2.75, 3.05) is 12.3 Å². The number of rotatable bonds is 5. The number of nitrogens with two attached hydrogens (primary N) is 1. The van der Waals surface area contributed by atoms with Crippen molar-refractivity contribution in [3.05, 3.63) is 42.5 Å². The Labute approximate surface area is 81.1 Å². The Bertz CT molecular complexity index is 256. The molecule has 1 aromatic carbocycles. The Kier molecular flexibility index (Phi) is 4.52. The Morgan fingerprint density at radius 2 is 2.08 bits per heavy atom. The molecular formula is C10H15N2P. The second kappa shape index (κ2) is 5.74. The van der Waals surface area contributed by atoms with Crippen molar-refractivity contribution >= 4 is 14.4 Å². The van der Waals surface area contributed by atoms with E-state index in [-0.39, 0.29) is 0 Å². The summed E-state index contributed by atoms with van der Waals surface area (Å²) in [5, 5.41) is 3.28. The van der Waals surface area contributed by atoms with Crippen molar-refractivity contribution in [2.24, 2.45) is 0 Å². The number of anilines is 1. The van der Waals surface area contributed by atoms with Crippen LogP contribution in [0.3, 0.4) is 0 Å². The molecule has 0 aliphatic rings. The first-order valence-electron chi connectivity index (χ1n) is 4.24. The molecule has 0 saturated carbocycles. The molecule has 0 aromatic heterocycles. The molecule has 1 aromatic rings. The van der Waals surface area contributed by atoms with Gasteiger partial charge in [0.15, 0.2) is 0 Å². The SMILES string of the molecule is C=CCNPCc1ccc(N)cc1. The monoisotopic (exact) mass is 194 g/mol. The number of nitrogens with one attached hydrogen (secondary N) is 1. The maximum atomic E-state index is 5.58. The van der Waals surface area contributed by atoms with Crippen molar-refractivity contribution in [2.45, 2.75) is 6.16 Å². The lowest BCUT2D eigenvalue weighted by atomic mass is 10.2. The molecule has 3 heteroatoms. The van der Waals surface area contributed by atoms with Crippen LogP contribution in [0.2, 0.25) is 0 Å². The number of hydrogen-bond donors (Lipinski definition) is 2. The zero-order valence-corrected chi connectivity index (χ0v) is 8.59. The summed E-state index contributed by atoms with van der Waals surface area (Å²) in [5.74, 6) is 0. The van der Waals surface area contributed by atoms with Crippen molar-refractivity contribution in [3.63, 3.8) is 0 Å². The van der Waals surface area contributed by atoms with Gasteiger partial charge in [-0.3, -0.25) is 5.09 Å². The molecule has 2 nitrogen and oxygen atoms in total. The normalized spacial score (nSPS) is 10.8. The third kappa shape index (κ3) is 4.07. The van der Waals surface area contributed by atoms with E-state index in [1.54, 1.807) is 0 Å². The molecule has 13 heavy (non-hydrogen) atoms. The van der Waals surface area contributed by atoms with E-state index in [0.29, 0.717) is 0 Å². The van der Waals surface area contributed by atoms with Crippen LogP contribution >= 0.6 is 8.73 Å². The highest BCUT2D eigenvalue weighted by Gasteiger charge is 1.91. The minimum Gasteiger partial charge on any atom is -0.399 e. The number of benzene rings is 1. The molecule has 3 N–H and O–H groups in total. The summed E-state index contributed by atoms with van der Waals surface area (Å²) >= 11 is 0. The van der Waals surface area contributed by atoms with Gasteiger partial charge in [0.05, 0.1) is 0 Å². The highest BCUT2D eigenvalue weighted by Crippen LogP contribution is 2.15. The summed E-state index contributed by atoms with van der Waals surface area (Å²) in [6, 6.07) is 8.01. The molecule has 0 saturated heterocycles. The summed E-state index contributed by atoms with van der Waals surface area (Å²) in [6.45, 7) is 4.52. The molecule has 70 valence electrons. The van der Waals surface area contributed by atoms with Crippen molar-refractivity contribution in [1.82, 2.24) is 5.09 Å². The predicted molar refractivity (Wildman–Crippen MR) is 61.1 cm³/mol. The largest absolute Gasteiger partial charge is 0.399 e. The van der Waals surface area contributed by atoms with Gasteiger partial charge < -0.3 is 5.73 Å². The minimum atomic E-state index is 0.751. The van der Waals surface area contributed by atoms with Gasteiger partial charge in [-0.1, -0.05) is 18.2 Å². The zero-order valence-electron chi connectivity index (χ0n) is 7.59. The second-order valence-electron chi connectivity index (χ2n) is 2.76. The summed E-state index contributed by atoms with van der Waals surface area (Å²) in [4.78, 5) is 0. The first-order valence-corrected chi connectivity index (χ1v) is 5.44. The fraction of sp³-hybridized carbons (Fsp3) is 0.200. The maximum Gasteiger partial charge on any atom is 0.0314 e. The highest BCUT2D eigenvalue weighted by molar-refractivity contribution is 7.34. The van der Waals surface area contributed by atoms with Crippen LogP contribution in [0.4, 0.5) is 5.69 Å². The molecule has 0 bridgehead atoms. The van der Waals surface area contributed by atoms with E-state index in [2.05, 4.69) is 23.8 Å². The highest BCUT2D eigenvalue weighted by atomic mass is 31.1. The van der Waals surface area contributed by atoms with Crippen LogP contribution in [0.1, 0.15) is 5.56 Å². The molecule has 0 heterocycles. The van der Waals surface area contributed by atoms with Crippen molar-refractivity contribution < 1.29 is 0 Å². The van der Waals surface area contributed by atoms with Gasteiger partial charge in [-0.2, -0.15) is 0 Å². The van der Waals surface area contributed by atoms with Gasteiger partial charge in [-0.15, -0.1) is 6.58 Å². The second-order valence-corrected chi connectivity index (χ2v) is 3.83. The molecule has 0 radical (unpaired) electrons. The molecule has 0 aliphatic carbocycles. The van der Waals surface area contributed by atoms with Gasteiger partial charge in [0, 0.05) is 18.4 Å². The van der Waals surface area contributed by atoms with Crippen molar-refractivity contribution in [3.8, 4) is 0 Å². The van der Waals surface area contributed by atoms with Crippen LogP contribution in [-0.4, -0.2) is 6.54 Å². The number of hydrogen-bond acceptors (Lipinski definition) is 2. The first-order chi connectivity index (χ1) is 6.33. The van der Waals surface area contributed by atoms with E-state index in [1.807, 2.05) is 18.2 Å². The molecule has 1 rings (SSSR count). The fourth-order valence-electron chi connectivity index (χ4n) is 0.944. The van der Waals surface area contributed by atoms with E-state index >= 15 is 0 Å². The molecule has 0 fully saturated rings. The van der Waals surface area contributed by atoms with Gasteiger partial charge in [0.25, 0.3) is 0 Å². The van der Waals surface area contributed by atoms with Gasteiger partial charge >= 0.3 is 0 Å². The third-order valence-electron chi connectivity index (χ3n) is 1.64. The van der Waals surface area contributed by atoms with Crippen LogP contribution in [0, 0.1) is 0 Å². The fourth-order valence-corrected chi connectivity index (χ4v) is 1.80. The van der Waals surface area contributed by atoms with E-state index in [9.17, 15) is 0 Å². The molecule has 0 spiro atoms. The smallest absolute Gasteiger partial charge is 0.0314 e. The summed E-state index contributed by atoms with van der Waals surface area (Å²) in [6.07, 6.45) is 2.93.